The monoisotopic (exact) mass is 99.1 g/mol. The predicted octanol–water partition coefficient (Wildman–Crippen LogP) is 1.17. The van der Waals surface area contributed by atoms with E-state index in [1.807, 2.05) is 20.0 Å². The Morgan fingerprint density at radius 3 is 2.29 bits per heavy atom. The minimum atomic E-state index is 0.519. The lowest BCUT2D eigenvalue weighted by atomic mass is 10.3. The highest BCUT2D eigenvalue weighted by atomic mass is 14.8. The van der Waals surface area contributed by atoms with Gasteiger partial charge in [-0.05, 0) is 20.9 Å². The van der Waals surface area contributed by atoms with Gasteiger partial charge in [-0.25, -0.2) is 0 Å². The third-order valence-corrected chi connectivity index (χ3v) is 0.936. The summed E-state index contributed by atoms with van der Waals surface area (Å²) in [6, 6.07) is 0.519. The Morgan fingerprint density at radius 2 is 2.14 bits per heavy atom. The van der Waals surface area contributed by atoms with Gasteiger partial charge < -0.3 is 5.32 Å². The van der Waals surface area contributed by atoms with Gasteiger partial charge in [0.15, 0.2) is 0 Å². The van der Waals surface area contributed by atoms with Gasteiger partial charge in [0.25, 0.3) is 0 Å². The van der Waals surface area contributed by atoms with Gasteiger partial charge in [-0.2, -0.15) is 0 Å². The molecular weight excluding hydrogens is 86.1 g/mol. The lowest BCUT2D eigenvalue weighted by Gasteiger charge is -1.99. The van der Waals surface area contributed by atoms with E-state index in [1.165, 1.54) is 0 Å². The van der Waals surface area contributed by atoms with Gasteiger partial charge in [-0.15, -0.1) is 0 Å². The zero-order chi connectivity index (χ0) is 5.70. The molecule has 7 heavy (non-hydrogen) atoms. The van der Waals surface area contributed by atoms with Crippen LogP contribution in [0.3, 0.4) is 0 Å². The average molecular weight is 99.2 g/mol. The zero-order valence-electron chi connectivity index (χ0n) is 5.23. The fourth-order valence-electron chi connectivity index (χ4n) is 0.385. The summed E-state index contributed by atoms with van der Waals surface area (Å²) in [5.41, 5.74) is 0. The quantitative estimate of drug-likeness (QED) is 0.512. The van der Waals surface area contributed by atoms with E-state index in [2.05, 4.69) is 18.3 Å². The molecule has 1 N–H and O–H groups in total. The van der Waals surface area contributed by atoms with Crippen molar-refractivity contribution in [1.29, 1.82) is 0 Å². The predicted molar refractivity (Wildman–Crippen MR) is 33.3 cm³/mol. The van der Waals surface area contributed by atoms with Crippen LogP contribution >= 0.6 is 0 Å². The van der Waals surface area contributed by atoms with Gasteiger partial charge in [-0.3, -0.25) is 0 Å². The molecule has 0 aromatic carbocycles. The Hall–Kier alpha value is -0.300. The van der Waals surface area contributed by atoms with Crippen LogP contribution in [0, 0.1) is 0 Å². The number of hydrogen-bond donors (Lipinski definition) is 1. The van der Waals surface area contributed by atoms with Gasteiger partial charge in [0.05, 0.1) is 0 Å². The van der Waals surface area contributed by atoms with Crippen LogP contribution in [0.5, 0.6) is 0 Å². The van der Waals surface area contributed by atoms with Crippen molar-refractivity contribution < 1.29 is 0 Å². The number of hydrogen-bond acceptors (Lipinski definition) is 1. The summed E-state index contributed by atoms with van der Waals surface area (Å²) in [7, 11) is 1.95. The van der Waals surface area contributed by atoms with E-state index in [1.54, 1.807) is 0 Å². The van der Waals surface area contributed by atoms with Gasteiger partial charge in [0.2, 0.25) is 0 Å². The molecule has 0 rings (SSSR count). The molecule has 0 aromatic rings. The van der Waals surface area contributed by atoms with Crippen molar-refractivity contribution in [3.8, 4) is 0 Å². The van der Waals surface area contributed by atoms with Crippen LogP contribution in [-0.2, 0) is 0 Å². The molecule has 1 nitrogen and oxygen atoms in total. The van der Waals surface area contributed by atoms with Crippen LogP contribution in [0.4, 0.5) is 0 Å². The van der Waals surface area contributed by atoms with Crippen LogP contribution in [0.15, 0.2) is 12.2 Å². The van der Waals surface area contributed by atoms with Crippen molar-refractivity contribution in [3.63, 3.8) is 0 Å². The van der Waals surface area contributed by atoms with E-state index in [0.717, 1.165) is 0 Å². The molecular formula is C6H13N. The number of rotatable bonds is 2. The molecule has 0 fully saturated rings. The first-order chi connectivity index (χ1) is 3.31. The fraction of sp³-hybridized carbons (Fsp3) is 0.667. The second-order valence-electron chi connectivity index (χ2n) is 1.60. The molecule has 0 aromatic heterocycles. The highest BCUT2D eigenvalue weighted by Gasteiger charge is 1.83. The largest absolute Gasteiger partial charge is 0.314 e. The summed E-state index contributed by atoms with van der Waals surface area (Å²) in [6.45, 7) is 4.13. The lowest BCUT2D eigenvalue weighted by molar-refractivity contribution is 0.728. The van der Waals surface area contributed by atoms with Crippen molar-refractivity contribution in [2.45, 2.75) is 19.9 Å². The third kappa shape index (κ3) is 3.53. The van der Waals surface area contributed by atoms with Crippen LogP contribution in [0.2, 0.25) is 0 Å². The number of nitrogens with one attached hydrogen (secondary N) is 1. The van der Waals surface area contributed by atoms with Crippen molar-refractivity contribution in [2.24, 2.45) is 0 Å². The van der Waals surface area contributed by atoms with Crippen molar-refractivity contribution >= 4 is 0 Å². The molecule has 0 aliphatic heterocycles. The summed E-state index contributed by atoms with van der Waals surface area (Å²) >= 11 is 0. The molecule has 1 atom stereocenters. The summed E-state index contributed by atoms with van der Waals surface area (Å²) in [5.74, 6) is 0. The molecule has 0 bridgehead atoms. The van der Waals surface area contributed by atoms with Crippen LogP contribution in [-0.4, -0.2) is 13.1 Å². The Balaban J connectivity index is 3.16. The van der Waals surface area contributed by atoms with Crippen LogP contribution in [0.1, 0.15) is 13.8 Å². The summed E-state index contributed by atoms with van der Waals surface area (Å²) in [5, 5.41) is 3.08. The van der Waals surface area contributed by atoms with Crippen molar-refractivity contribution in [3.05, 3.63) is 12.2 Å². The van der Waals surface area contributed by atoms with Crippen molar-refractivity contribution in [1.82, 2.24) is 5.32 Å². The van der Waals surface area contributed by atoms with E-state index < -0.39 is 0 Å². The Labute approximate surface area is 45.4 Å². The number of likely N-dealkylation sites (N-methyl/N-ethyl adjacent to an activating group) is 1. The Bertz CT molecular complexity index is 57.2. The first kappa shape index (κ1) is 6.70. The standard InChI is InChI=1S/C6H13N/c1-4-5-6(2)7-3/h4-7H,1-3H3/b5-4+. The van der Waals surface area contributed by atoms with Crippen molar-refractivity contribution in [2.75, 3.05) is 7.05 Å². The second-order valence-corrected chi connectivity index (χ2v) is 1.60. The lowest BCUT2D eigenvalue weighted by Crippen LogP contribution is -2.17. The van der Waals surface area contributed by atoms with E-state index in [4.69, 9.17) is 0 Å². The Kier molecular flexibility index (Phi) is 3.71. The first-order valence-electron chi connectivity index (χ1n) is 2.61. The maximum Gasteiger partial charge on any atom is 0.0218 e. The molecule has 0 saturated carbocycles. The van der Waals surface area contributed by atoms with Gasteiger partial charge in [-0.1, -0.05) is 12.2 Å². The summed E-state index contributed by atoms with van der Waals surface area (Å²) in [4.78, 5) is 0. The molecule has 0 aliphatic rings. The molecule has 1 unspecified atom stereocenters. The maximum atomic E-state index is 3.08. The van der Waals surface area contributed by atoms with E-state index in [9.17, 15) is 0 Å². The van der Waals surface area contributed by atoms with Gasteiger partial charge in [0.1, 0.15) is 0 Å². The van der Waals surface area contributed by atoms with Gasteiger partial charge >= 0.3 is 0 Å². The van der Waals surface area contributed by atoms with Crippen LogP contribution < -0.4 is 5.32 Å². The summed E-state index contributed by atoms with van der Waals surface area (Å²) < 4.78 is 0. The van der Waals surface area contributed by atoms with E-state index >= 15 is 0 Å². The minimum Gasteiger partial charge on any atom is -0.314 e. The SMILES string of the molecule is C/C=C/C(C)NC. The number of allylic oxidation sites excluding steroid dienone is 1. The molecule has 42 valence electrons. The van der Waals surface area contributed by atoms with E-state index in [-0.39, 0.29) is 0 Å². The highest BCUT2D eigenvalue weighted by Crippen LogP contribution is 1.79. The van der Waals surface area contributed by atoms with Crippen LogP contribution in [0.25, 0.3) is 0 Å². The average Bonchev–Trinajstić information content (AvgIpc) is 1.68. The summed E-state index contributed by atoms with van der Waals surface area (Å²) in [6.07, 6.45) is 4.15. The van der Waals surface area contributed by atoms with Gasteiger partial charge in [0, 0.05) is 6.04 Å². The zero-order valence-corrected chi connectivity index (χ0v) is 5.23. The normalized spacial score (nSPS) is 15.3. The molecule has 0 radical (unpaired) electrons. The second kappa shape index (κ2) is 3.88. The molecule has 1 heteroatoms. The smallest absolute Gasteiger partial charge is 0.0218 e. The molecule has 0 spiro atoms. The molecule has 0 aliphatic carbocycles. The van der Waals surface area contributed by atoms with E-state index in [0.29, 0.717) is 6.04 Å². The Morgan fingerprint density at radius 1 is 1.57 bits per heavy atom. The fourth-order valence-corrected chi connectivity index (χ4v) is 0.385. The molecule has 0 amide bonds. The maximum absolute atomic E-state index is 3.08. The molecule has 0 saturated heterocycles. The third-order valence-electron chi connectivity index (χ3n) is 0.936. The highest BCUT2D eigenvalue weighted by molar-refractivity contribution is 4.86. The topological polar surface area (TPSA) is 12.0 Å². The first-order valence-corrected chi connectivity index (χ1v) is 2.61. The minimum absolute atomic E-state index is 0.519. The molecule has 0 heterocycles.